The molecule has 9 heteroatoms. The van der Waals surface area contributed by atoms with Crippen LogP contribution in [0, 0.1) is 6.92 Å². The Balaban J connectivity index is 1.36. The molecule has 3 aromatic rings. The van der Waals surface area contributed by atoms with Crippen LogP contribution in [0.3, 0.4) is 0 Å². The number of hydrogen-bond donors (Lipinski definition) is 1. The SMILES string of the molecule is Cc1cc2ncnn2cc1Nc1ncc2c(n1)C1(CCC3(CCO3)CC1)C(=O)N2C. The van der Waals surface area contributed by atoms with Crippen molar-refractivity contribution in [2.45, 2.75) is 50.0 Å². The minimum atomic E-state index is -0.571. The van der Waals surface area contributed by atoms with Gasteiger partial charge in [-0.05, 0) is 50.7 Å². The Morgan fingerprint density at radius 1 is 1.17 bits per heavy atom. The van der Waals surface area contributed by atoms with Crippen LogP contribution in [0.25, 0.3) is 5.65 Å². The summed E-state index contributed by atoms with van der Waals surface area (Å²) < 4.78 is 7.58. The third-order valence-corrected chi connectivity index (χ3v) is 7.15. The number of nitrogens with zero attached hydrogens (tertiary/aromatic N) is 6. The number of fused-ring (bicyclic) bond motifs is 3. The van der Waals surface area contributed by atoms with Crippen LogP contribution in [-0.2, 0) is 14.9 Å². The van der Waals surface area contributed by atoms with E-state index in [4.69, 9.17) is 9.72 Å². The lowest BCUT2D eigenvalue weighted by atomic mass is 9.65. The van der Waals surface area contributed by atoms with Gasteiger partial charge in [0.15, 0.2) is 5.65 Å². The summed E-state index contributed by atoms with van der Waals surface area (Å²) in [6.07, 6.45) is 9.59. The number of hydrogen-bond acceptors (Lipinski definition) is 7. The van der Waals surface area contributed by atoms with Crippen LogP contribution in [0.5, 0.6) is 0 Å². The minimum Gasteiger partial charge on any atom is -0.375 e. The predicted octanol–water partition coefficient (Wildman–Crippen LogP) is 2.52. The zero-order chi connectivity index (χ0) is 20.5. The Labute approximate surface area is 173 Å². The van der Waals surface area contributed by atoms with E-state index in [1.807, 2.05) is 26.2 Å². The number of anilines is 3. The van der Waals surface area contributed by atoms with Gasteiger partial charge >= 0.3 is 0 Å². The van der Waals surface area contributed by atoms with Crippen molar-refractivity contribution in [2.75, 3.05) is 23.9 Å². The summed E-state index contributed by atoms with van der Waals surface area (Å²) in [5.41, 5.74) is 3.72. The van der Waals surface area contributed by atoms with Gasteiger partial charge in [0, 0.05) is 7.05 Å². The van der Waals surface area contributed by atoms with Crippen LogP contribution >= 0.6 is 0 Å². The highest BCUT2D eigenvalue weighted by atomic mass is 16.5. The molecule has 3 aromatic heterocycles. The second-order valence-corrected chi connectivity index (χ2v) is 8.71. The van der Waals surface area contributed by atoms with Gasteiger partial charge in [0.25, 0.3) is 0 Å². The van der Waals surface area contributed by atoms with Crippen molar-refractivity contribution in [3.8, 4) is 0 Å². The number of ether oxygens (including phenoxy) is 1. The smallest absolute Gasteiger partial charge is 0.239 e. The second-order valence-electron chi connectivity index (χ2n) is 8.71. The topological polar surface area (TPSA) is 97.5 Å². The molecule has 0 atom stereocenters. The van der Waals surface area contributed by atoms with E-state index in [0.29, 0.717) is 5.95 Å². The quantitative estimate of drug-likeness (QED) is 0.700. The molecule has 2 aliphatic heterocycles. The van der Waals surface area contributed by atoms with Gasteiger partial charge in [0.2, 0.25) is 11.9 Å². The van der Waals surface area contributed by atoms with Crippen LogP contribution < -0.4 is 10.2 Å². The number of aromatic nitrogens is 5. The van der Waals surface area contributed by atoms with Crippen LogP contribution in [-0.4, -0.2) is 49.7 Å². The molecule has 9 nitrogen and oxygen atoms in total. The minimum absolute atomic E-state index is 0.00864. The number of likely N-dealkylation sites (N-methyl/N-ethyl adjacent to an activating group) is 1. The first-order chi connectivity index (χ1) is 14.5. The van der Waals surface area contributed by atoms with Crippen LogP contribution in [0.1, 0.15) is 43.4 Å². The third-order valence-electron chi connectivity index (χ3n) is 7.15. The van der Waals surface area contributed by atoms with Crippen LogP contribution in [0.2, 0.25) is 0 Å². The fourth-order valence-corrected chi connectivity index (χ4v) is 5.14. The molecular weight excluding hydrogens is 382 g/mol. The number of carbonyl (C=O) groups excluding carboxylic acids is 1. The Bertz CT molecular complexity index is 1170. The number of rotatable bonds is 2. The maximum Gasteiger partial charge on any atom is 0.239 e. The first-order valence-corrected chi connectivity index (χ1v) is 10.4. The number of aryl methyl sites for hydroxylation is 1. The van der Waals surface area contributed by atoms with Crippen LogP contribution in [0.4, 0.5) is 17.3 Å². The van der Waals surface area contributed by atoms with Gasteiger partial charge in [-0.3, -0.25) is 4.79 Å². The van der Waals surface area contributed by atoms with E-state index < -0.39 is 5.41 Å². The molecule has 1 amide bonds. The fraction of sp³-hybridized carbons (Fsp3) is 0.476. The average molecular weight is 405 g/mol. The molecule has 0 unspecified atom stereocenters. The number of carbonyl (C=O) groups is 1. The molecule has 1 aliphatic carbocycles. The molecule has 1 saturated carbocycles. The standard InChI is InChI=1S/C21H23N7O2/c1-13-9-16-23-12-24-28(16)11-14(13)25-19-22-10-15-17(26-19)21(18(29)27(15)2)5-3-20(4-6-21)7-8-30-20/h9-12H,3-8H2,1-2H3,(H,22,25,26). The van der Waals surface area contributed by atoms with Crippen molar-refractivity contribution >= 4 is 28.9 Å². The van der Waals surface area contributed by atoms with Gasteiger partial charge in [0.1, 0.15) is 6.33 Å². The molecule has 2 fully saturated rings. The second kappa shape index (κ2) is 5.98. The lowest BCUT2D eigenvalue weighted by Gasteiger charge is -2.49. The summed E-state index contributed by atoms with van der Waals surface area (Å²) >= 11 is 0. The average Bonchev–Trinajstić information content (AvgIpc) is 3.25. The molecule has 1 saturated heterocycles. The van der Waals surface area contributed by atoms with E-state index in [-0.39, 0.29) is 11.5 Å². The Hall–Kier alpha value is -3.07. The van der Waals surface area contributed by atoms with Gasteiger partial charge in [-0.15, -0.1) is 0 Å². The van der Waals surface area contributed by atoms with Crippen molar-refractivity contribution in [3.05, 3.63) is 36.0 Å². The largest absolute Gasteiger partial charge is 0.375 e. The molecule has 1 N–H and O–H groups in total. The van der Waals surface area contributed by atoms with E-state index in [1.54, 1.807) is 15.6 Å². The van der Waals surface area contributed by atoms with Crippen molar-refractivity contribution in [1.29, 1.82) is 0 Å². The number of pyridine rings is 1. The first kappa shape index (κ1) is 17.8. The molecule has 154 valence electrons. The maximum absolute atomic E-state index is 13.3. The van der Waals surface area contributed by atoms with Crippen molar-refractivity contribution in [1.82, 2.24) is 24.6 Å². The van der Waals surface area contributed by atoms with Gasteiger partial charge in [0.05, 0.1) is 47.1 Å². The first-order valence-electron chi connectivity index (χ1n) is 10.4. The highest BCUT2D eigenvalue weighted by molar-refractivity contribution is 6.07. The normalized spacial score (nSPS) is 27.7. The molecule has 0 aromatic carbocycles. The zero-order valence-corrected chi connectivity index (χ0v) is 17.1. The summed E-state index contributed by atoms with van der Waals surface area (Å²) in [6, 6.07) is 1.96. The molecule has 6 rings (SSSR count). The predicted molar refractivity (Wildman–Crippen MR) is 110 cm³/mol. The van der Waals surface area contributed by atoms with Gasteiger partial charge in [-0.25, -0.2) is 19.5 Å². The van der Waals surface area contributed by atoms with Crippen molar-refractivity contribution < 1.29 is 9.53 Å². The Kier molecular flexibility index (Phi) is 3.54. The van der Waals surface area contributed by atoms with Gasteiger partial charge in [-0.1, -0.05) is 0 Å². The Morgan fingerprint density at radius 3 is 2.70 bits per heavy atom. The monoisotopic (exact) mass is 405 g/mol. The molecule has 2 spiro atoms. The lowest BCUT2D eigenvalue weighted by molar-refractivity contribution is -0.174. The highest BCUT2D eigenvalue weighted by Gasteiger charge is 2.57. The third kappa shape index (κ3) is 2.35. The van der Waals surface area contributed by atoms with Crippen molar-refractivity contribution in [3.63, 3.8) is 0 Å². The number of nitrogens with one attached hydrogen (secondary N) is 1. The van der Waals surface area contributed by atoms with E-state index in [1.165, 1.54) is 6.33 Å². The molecular formula is C21H23N7O2. The summed E-state index contributed by atoms with van der Waals surface area (Å²) in [6.45, 7) is 2.84. The van der Waals surface area contributed by atoms with E-state index in [0.717, 1.165) is 67.0 Å². The molecule has 0 bridgehead atoms. The van der Waals surface area contributed by atoms with Gasteiger partial charge < -0.3 is 15.0 Å². The van der Waals surface area contributed by atoms with E-state index >= 15 is 0 Å². The summed E-state index contributed by atoms with van der Waals surface area (Å²) in [4.78, 5) is 28.5. The van der Waals surface area contributed by atoms with Gasteiger partial charge in [-0.2, -0.15) is 5.10 Å². The molecule has 30 heavy (non-hydrogen) atoms. The van der Waals surface area contributed by atoms with E-state index in [2.05, 4.69) is 20.4 Å². The fourth-order valence-electron chi connectivity index (χ4n) is 5.14. The molecule has 3 aliphatic rings. The highest BCUT2D eigenvalue weighted by Crippen LogP contribution is 2.53. The van der Waals surface area contributed by atoms with Crippen molar-refractivity contribution in [2.24, 2.45) is 0 Å². The maximum atomic E-state index is 13.3. The summed E-state index contributed by atoms with van der Waals surface area (Å²) in [5.74, 6) is 0.609. The van der Waals surface area contributed by atoms with E-state index in [9.17, 15) is 4.79 Å². The molecule has 0 radical (unpaired) electrons. The van der Waals surface area contributed by atoms with Crippen LogP contribution in [0.15, 0.2) is 24.8 Å². The summed E-state index contributed by atoms with van der Waals surface area (Å²) in [5, 5.41) is 7.51. The zero-order valence-electron chi connectivity index (χ0n) is 17.1. The molecule has 5 heterocycles. The Morgan fingerprint density at radius 2 is 1.97 bits per heavy atom. The lowest BCUT2D eigenvalue weighted by Crippen LogP contribution is -2.52. The summed E-state index contributed by atoms with van der Waals surface area (Å²) in [7, 11) is 1.82. The number of amides is 1.